The molecule has 2 aliphatic rings. The van der Waals surface area contributed by atoms with Crippen molar-refractivity contribution in [2.24, 2.45) is 4.36 Å². The molecule has 8 nitrogen and oxygen atoms in total. The Balaban J connectivity index is 1.36. The molecule has 1 aromatic heterocycles. The van der Waals surface area contributed by atoms with Crippen LogP contribution in [0.2, 0.25) is 0 Å². The molecule has 0 aliphatic carbocycles. The van der Waals surface area contributed by atoms with Gasteiger partial charge in [0, 0.05) is 64.4 Å². The van der Waals surface area contributed by atoms with Gasteiger partial charge in [0.15, 0.2) is 0 Å². The second-order valence-electron chi connectivity index (χ2n) is 8.03. The fourth-order valence-electron chi connectivity index (χ4n) is 4.01. The molecule has 0 unspecified atom stereocenters. The number of benzene rings is 1. The third kappa shape index (κ3) is 4.99. The molecule has 2 aromatic rings. The van der Waals surface area contributed by atoms with E-state index in [2.05, 4.69) is 49.3 Å². The highest BCUT2D eigenvalue weighted by Gasteiger charge is 2.25. The summed E-state index contributed by atoms with van der Waals surface area (Å²) < 4.78 is 27.7. The lowest BCUT2D eigenvalue weighted by Gasteiger charge is -2.38. The molecule has 31 heavy (non-hydrogen) atoms. The first kappa shape index (κ1) is 22.0. The van der Waals surface area contributed by atoms with Crippen LogP contribution in [0.1, 0.15) is 24.1 Å². The van der Waals surface area contributed by atoms with Crippen LogP contribution < -0.4 is 9.64 Å². The van der Waals surface area contributed by atoms with Gasteiger partial charge in [-0.2, -0.15) is 0 Å². The Bertz CT molecular complexity index is 1010. The maximum absolute atomic E-state index is 12.7. The van der Waals surface area contributed by atoms with Gasteiger partial charge in [-0.25, -0.2) is 18.5 Å². The number of methoxy groups -OCH3 is 1. The SMILES string of the molecule is COCCN=[S@@](C)(=O)c1cnc(N2CCN([C@H](C)c3ccc4c(c3)OCC4)CC2)nc1. The minimum atomic E-state index is -2.50. The van der Waals surface area contributed by atoms with E-state index in [1.165, 1.54) is 11.1 Å². The number of ether oxygens (including phenoxy) is 2. The van der Waals surface area contributed by atoms with Crippen LogP contribution in [0.25, 0.3) is 0 Å². The summed E-state index contributed by atoms with van der Waals surface area (Å²) >= 11 is 0. The number of rotatable bonds is 7. The summed E-state index contributed by atoms with van der Waals surface area (Å²) in [7, 11) is -0.899. The number of hydrogen-bond acceptors (Lipinski definition) is 8. The maximum atomic E-state index is 12.7. The highest BCUT2D eigenvalue weighted by molar-refractivity contribution is 7.93. The van der Waals surface area contributed by atoms with Crippen molar-refractivity contribution in [2.75, 3.05) is 64.2 Å². The average Bonchev–Trinajstić information content (AvgIpc) is 3.27. The van der Waals surface area contributed by atoms with E-state index in [9.17, 15) is 4.21 Å². The van der Waals surface area contributed by atoms with Gasteiger partial charge in [0.05, 0.1) is 34.4 Å². The van der Waals surface area contributed by atoms with E-state index in [4.69, 9.17) is 9.47 Å². The molecular weight excluding hydrogens is 414 g/mol. The molecule has 0 saturated carbocycles. The van der Waals surface area contributed by atoms with Crippen LogP contribution in [0.3, 0.4) is 0 Å². The van der Waals surface area contributed by atoms with Gasteiger partial charge in [-0.1, -0.05) is 12.1 Å². The van der Waals surface area contributed by atoms with Crippen LogP contribution in [0.15, 0.2) is 39.9 Å². The molecule has 4 rings (SSSR count). The standard InChI is InChI=1S/C22H31N5O3S/c1-17(19-5-4-18-6-12-30-21(18)14-19)26-8-10-27(11-9-26)22-23-15-20(16-24-22)31(3,28)25-7-13-29-2/h4-5,14-17H,6-13H2,1-3H3/t17-,31+/m1/s1. The molecule has 3 heterocycles. The fourth-order valence-corrected chi connectivity index (χ4v) is 5.08. The molecule has 9 heteroatoms. The second-order valence-corrected chi connectivity index (χ2v) is 10.4. The number of fused-ring (bicyclic) bond motifs is 1. The zero-order valence-electron chi connectivity index (χ0n) is 18.5. The lowest BCUT2D eigenvalue weighted by Crippen LogP contribution is -2.47. The fraction of sp³-hybridized carbons (Fsp3) is 0.545. The predicted molar refractivity (Wildman–Crippen MR) is 121 cm³/mol. The van der Waals surface area contributed by atoms with Crippen molar-refractivity contribution in [2.45, 2.75) is 24.3 Å². The summed E-state index contributed by atoms with van der Waals surface area (Å²) in [4.78, 5) is 14.2. The van der Waals surface area contributed by atoms with Crippen LogP contribution in [-0.2, 0) is 20.9 Å². The molecule has 1 fully saturated rings. The summed E-state index contributed by atoms with van der Waals surface area (Å²) in [6, 6.07) is 6.96. The van der Waals surface area contributed by atoms with Gasteiger partial charge in [0.2, 0.25) is 5.95 Å². The molecule has 2 aliphatic heterocycles. The summed E-state index contributed by atoms with van der Waals surface area (Å²) in [5.41, 5.74) is 2.61. The van der Waals surface area contributed by atoms with Crippen LogP contribution in [0.4, 0.5) is 5.95 Å². The highest BCUT2D eigenvalue weighted by atomic mass is 32.2. The van der Waals surface area contributed by atoms with E-state index in [1.807, 2.05) is 0 Å². The van der Waals surface area contributed by atoms with Gasteiger partial charge in [0.25, 0.3) is 0 Å². The van der Waals surface area contributed by atoms with Gasteiger partial charge in [-0.15, -0.1) is 0 Å². The van der Waals surface area contributed by atoms with Crippen LogP contribution in [-0.4, -0.2) is 78.4 Å². The number of anilines is 1. The van der Waals surface area contributed by atoms with Crippen molar-refractivity contribution in [3.05, 3.63) is 41.7 Å². The zero-order chi connectivity index (χ0) is 21.8. The van der Waals surface area contributed by atoms with E-state index in [0.29, 0.717) is 30.0 Å². The Morgan fingerprint density at radius 3 is 2.68 bits per heavy atom. The van der Waals surface area contributed by atoms with Gasteiger partial charge in [-0.05, 0) is 24.1 Å². The number of aromatic nitrogens is 2. The van der Waals surface area contributed by atoms with E-state index in [1.54, 1.807) is 25.8 Å². The Kier molecular flexibility index (Phi) is 6.74. The molecule has 0 spiro atoms. The first-order valence-corrected chi connectivity index (χ1v) is 12.6. The van der Waals surface area contributed by atoms with Crippen LogP contribution in [0.5, 0.6) is 5.75 Å². The number of nitrogens with zero attached hydrogens (tertiary/aromatic N) is 5. The molecule has 0 radical (unpaired) electrons. The zero-order valence-corrected chi connectivity index (χ0v) is 19.3. The summed E-state index contributed by atoms with van der Waals surface area (Å²) in [6.45, 7) is 7.45. The van der Waals surface area contributed by atoms with E-state index in [0.717, 1.165) is 45.0 Å². The van der Waals surface area contributed by atoms with Gasteiger partial charge in [0.1, 0.15) is 5.75 Å². The summed E-state index contributed by atoms with van der Waals surface area (Å²) in [5, 5.41) is 0. The van der Waals surface area contributed by atoms with Crippen molar-refractivity contribution < 1.29 is 13.7 Å². The minimum absolute atomic E-state index is 0.332. The molecule has 2 atom stereocenters. The van der Waals surface area contributed by atoms with Crippen molar-refractivity contribution >= 4 is 15.7 Å². The second kappa shape index (κ2) is 9.50. The molecular formula is C22H31N5O3S. The normalized spacial score (nSPS) is 19.4. The Morgan fingerprint density at radius 2 is 1.97 bits per heavy atom. The lowest BCUT2D eigenvalue weighted by molar-refractivity contribution is 0.197. The third-order valence-electron chi connectivity index (χ3n) is 6.03. The molecule has 0 amide bonds. The van der Waals surface area contributed by atoms with E-state index in [-0.39, 0.29) is 0 Å². The minimum Gasteiger partial charge on any atom is -0.493 e. The van der Waals surface area contributed by atoms with Crippen molar-refractivity contribution in [3.8, 4) is 5.75 Å². The Hall–Kier alpha value is -2.23. The van der Waals surface area contributed by atoms with Crippen LogP contribution >= 0.6 is 0 Å². The Labute approximate surface area is 184 Å². The van der Waals surface area contributed by atoms with Crippen molar-refractivity contribution in [1.82, 2.24) is 14.9 Å². The quantitative estimate of drug-likeness (QED) is 0.606. The molecule has 0 bridgehead atoms. The largest absolute Gasteiger partial charge is 0.493 e. The van der Waals surface area contributed by atoms with Gasteiger partial charge in [-0.3, -0.25) is 4.90 Å². The molecule has 0 N–H and O–H groups in total. The highest BCUT2D eigenvalue weighted by Crippen LogP contribution is 2.31. The van der Waals surface area contributed by atoms with Crippen LogP contribution in [0, 0.1) is 0 Å². The van der Waals surface area contributed by atoms with Gasteiger partial charge < -0.3 is 14.4 Å². The summed E-state index contributed by atoms with van der Waals surface area (Å²) in [6.07, 6.45) is 5.90. The number of piperazine rings is 1. The van der Waals surface area contributed by atoms with Gasteiger partial charge >= 0.3 is 0 Å². The predicted octanol–water partition coefficient (Wildman–Crippen LogP) is 2.40. The first-order chi connectivity index (χ1) is 15.0. The topological polar surface area (TPSA) is 80.2 Å². The Morgan fingerprint density at radius 1 is 1.23 bits per heavy atom. The average molecular weight is 446 g/mol. The molecule has 1 aromatic carbocycles. The first-order valence-electron chi connectivity index (χ1n) is 10.7. The van der Waals surface area contributed by atoms with E-state index >= 15 is 0 Å². The van der Waals surface area contributed by atoms with Crippen molar-refractivity contribution in [3.63, 3.8) is 0 Å². The third-order valence-corrected chi connectivity index (χ3v) is 7.79. The smallest absolute Gasteiger partial charge is 0.225 e. The lowest BCUT2D eigenvalue weighted by atomic mass is 10.0. The molecule has 1 saturated heterocycles. The number of hydrogen-bond donors (Lipinski definition) is 0. The maximum Gasteiger partial charge on any atom is 0.225 e. The van der Waals surface area contributed by atoms with E-state index < -0.39 is 9.73 Å². The summed E-state index contributed by atoms with van der Waals surface area (Å²) in [5.74, 6) is 1.71. The van der Waals surface area contributed by atoms with Crippen molar-refractivity contribution in [1.29, 1.82) is 0 Å². The molecule has 168 valence electrons. The monoisotopic (exact) mass is 445 g/mol.